The Bertz CT molecular complexity index is 749. The molecule has 11 heteroatoms. The molecule has 4 N–H and O–H groups in total. The molecule has 0 bridgehead atoms. The van der Waals surface area contributed by atoms with Gasteiger partial charge in [-0.25, -0.2) is 4.98 Å². The molecule has 2 heterocycles. The van der Waals surface area contributed by atoms with Crippen LogP contribution in [0.5, 0.6) is 0 Å². The molecule has 2 atom stereocenters. The normalized spacial score (nSPS) is 19.4. The third kappa shape index (κ3) is 7.15. The van der Waals surface area contributed by atoms with Crippen LogP contribution in [0.3, 0.4) is 0 Å². The van der Waals surface area contributed by atoms with Crippen LogP contribution in [-0.2, 0) is 9.59 Å². The lowest BCUT2D eigenvalue weighted by molar-refractivity contribution is -0.137. The van der Waals surface area contributed by atoms with E-state index in [0.717, 1.165) is 0 Å². The number of hydrogen-bond acceptors (Lipinski definition) is 8. The molecule has 30 heavy (non-hydrogen) atoms. The third-order valence-corrected chi connectivity index (χ3v) is 5.63. The second-order valence-corrected chi connectivity index (χ2v) is 8.24. The molecule has 10 nitrogen and oxygen atoms in total. The predicted octanol–water partition coefficient (Wildman–Crippen LogP) is -0.670. The fourth-order valence-electron chi connectivity index (χ4n) is 3.20. The lowest BCUT2D eigenvalue weighted by Crippen LogP contribution is -2.51. The maximum Gasteiger partial charge on any atom is 0.241 e. The lowest BCUT2D eigenvalue weighted by Gasteiger charge is -2.24. The molecule has 1 aliphatic heterocycles. The summed E-state index contributed by atoms with van der Waals surface area (Å²) in [5.41, 5.74) is 5.55. The molecular formula is C19H31N7O3S. The van der Waals surface area contributed by atoms with Gasteiger partial charge in [-0.3, -0.25) is 19.4 Å². The topological polar surface area (TPSA) is 133 Å². The smallest absolute Gasteiger partial charge is 0.241 e. The van der Waals surface area contributed by atoms with Crippen molar-refractivity contribution in [2.45, 2.75) is 31.8 Å². The zero-order valence-electron chi connectivity index (χ0n) is 17.8. The van der Waals surface area contributed by atoms with Crippen molar-refractivity contribution in [2.75, 3.05) is 46.8 Å². The van der Waals surface area contributed by atoms with Crippen molar-refractivity contribution < 1.29 is 14.4 Å². The van der Waals surface area contributed by atoms with Gasteiger partial charge in [0, 0.05) is 37.8 Å². The number of aliphatic imine (C=N–C) groups is 1. The van der Waals surface area contributed by atoms with Crippen molar-refractivity contribution in [3.8, 4) is 0 Å². The van der Waals surface area contributed by atoms with Gasteiger partial charge in [0.15, 0.2) is 5.01 Å². The minimum absolute atomic E-state index is 0.0907. The van der Waals surface area contributed by atoms with Crippen molar-refractivity contribution >= 4 is 34.8 Å². The number of Topliss-reactive ketones (excluding diaryl/α,β-unsaturated/α-hetero) is 1. The highest BCUT2D eigenvalue weighted by Crippen LogP contribution is 2.12. The lowest BCUT2D eigenvalue weighted by atomic mass is 10.1. The largest absolute Gasteiger partial charge is 0.388 e. The number of nitrogens with zero attached hydrogens (tertiary/aromatic N) is 4. The van der Waals surface area contributed by atoms with Gasteiger partial charge in [-0.2, -0.15) is 0 Å². The Balaban J connectivity index is 2.02. The zero-order chi connectivity index (χ0) is 22.1. The van der Waals surface area contributed by atoms with E-state index < -0.39 is 6.04 Å². The molecule has 0 spiro atoms. The molecule has 0 radical (unpaired) electrons. The molecule has 1 aromatic rings. The number of rotatable bonds is 10. The Morgan fingerprint density at radius 3 is 2.83 bits per heavy atom. The summed E-state index contributed by atoms with van der Waals surface area (Å²) >= 11 is 1.24. The minimum atomic E-state index is -0.721. The Morgan fingerprint density at radius 2 is 2.20 bits per heavy atom. The van der Waals surface area contributed by atoms with Crippen molar-refractivity contribution in [1.29, 1.82) is 0 Å². The first-order valence-corrected chi connectivity index (χ1v) is 10.8. The number of nitrogens with two attached hydrogens (primary N) is 1. The van der Waals surface area contributed by atoms with E-state index in [1.807, 2.05) is 11.9 Å². The molecule has 1 fully saturated rings. The van der Waals surface area contributed by atoms with Gasteiger partial charge in [-0.05, 0) is 33.9 Å². The number of thiazole rings is 1. The Hall–Kier alpha value is -2.37. The molecule has 1 aliphatic rings. The highest BCUT2D eigenvalue weighted by molar-refractivity contribution is 7.11. The summed E-state index contributed by atoms with van der Waals surface area (Å²) in [5.74, 6) is -0.240. The highest BCUT2D eigenvalue weighted by atomic mass is 32.1. The van der Waals surface area contributed by atoms with E-state index in [4.69, 9.17) is 5.73 Å². The van der Waals surface area contributed by atoms with Crippen molar-refractivity contribution in [3.05, 3.63) is 16.6 Å². The average Bonchev–Trinajstić information content (AvgIpc) is 3.20. The first-order valence-electron chi connectivity index (χ1n) is 9.96. The van der Waals surface area contributed by atoms with Crippen LogP contribution in [0.2, 0.25) is 0 Å². The second kappa shape index (κ2) is 11.7. The highest BCUT2D eigenvalue weighted by Gasteiger charge is 2.30. The van der Waals surface area contributed by atoms with Gasteiger partial charge in [0.2, 0.25) is 17.6 Å². The Labute approximate surface area is 180 Å². The Kier molecular flexibility index (Phi) is 9.34. The zero-order valence-corrected chi connectivity index (χ0v) is 18.6. The number of hydrogen-bond donors (Lipinski definition) is 3. The van der Waals surface area contributed by atoms with Crippen molar-refractivity contribution in [1.82, 2.24) is 25.4 Å². The van der Waals surface area contributed by atoms with E-state index in [0.29, 0.717) is 49.9 Å². The van der Waals surface area contributed by atoms with Gasteiger partial charge in [-0.1, -0.05) is 0 Å². The third-order valence-electron chi connectivity index (χ3n) is 4.85. The number of carbonyl (C=O) groups is 3. The fraction of sp³-hybridized carbons (Fsp3) is 0.632. The van der Waals surface area contributed by atoms with E-state index in [1.54, 1.807) is 25.5 Å². The molecule has 166 valence electrons. The summed E-state index contributed by atoms with van der Waals surface area (Å²) < 4.78 is 0. The van der Waals surface area contributed by atoms with E-state index in [1.165, 1.54) is 16.2 Å². The molecule has 2 amide bonds. The van der Waals surface area contributed by atoms with Crippen LogP contribution in [0.4, 0.5) is 0 Å². The number of amides is 2. The molecular weight excluding hydrogens is 406 g/mol. The molecule has 1 aromatic heterocycles. The van der Waals surface area contributed by atoms with Crippen molar-refractivity contribution in [2.24, 2.45) is 10.7 Å². The van der Waals surface area contributed by atoms with Crippen LogP contribution in [-0.4, -0.2) is 97.1 Å². The monoisotopic (exact) mass is 437 g/mol. The Morgan fingerprint density at radius 1 is 1.43 bits per heavy atom. The molecule has 2 rings (SSSR count). The molecule has 0 aromatic carbocycles. The quantitative estimate of drug-likeness (QED) is 0.191. The van der Waals surface area contributed by atoms with Gasteiger partial charge in [0.25, 0.3) is 0 Å². The average molecular weight is 438 g/mol. The van der Waals surface area contributed by atoms with Crippen LogP contribution in [0.15, 0.2) is 16.6 Å². The van der Waals surface area contributed by atoms with Gasteiger partial charge in [-0.15, -0.1) is 11.3 Å². The number of likely N-dealkylation sites (N-methyl/N-ethyl adjacent to an activating group) is 2. The van der Waals surface area contributed by atoms with Gasteiger partial charge < -0.3 is 26.2 Å². The summed E-state index contributed by atoms with van der Waals surface area (Å²) in [7, 11) is 3.67. The van der Waals surface area contributed by atoms with Gasteiger partial charge in [0.05, 0.1) is 24.5 Å². The SMILES string of the molecule is CN[C@H]1CN(C)CCN(CC(=O)N[C@@H](CCCN=C(C)N)C(=O)c2nccs2)C1=O. The number of amidine groups is 1. The van der Waals surface area contributed by atoms with Crippen LogP contribution in [0, 0.1) is 0 Å². The maximum absolute atomic E-state index is 12.8. The molecule has 0 aliphatic carbocycles. The number of carbonyl (C=O) groups excluding carboxylic acids is 3. The van der Waals surface area contributed by atoms with Crippen LogP contribution < -0.4 is 16.4 Å². The van der Waals surface area contributed by atoms with E-state index in [9.17, 15) is 14.4 Å². The number of ketones is 1. The standard InChI is InChI=1S/C19H31N7O3S/c1-13(20)22-6-4-5-14(17(28)18-23-7-10-30-18)24-16(27)12-26-9-8-25(3)11-15(21-2)19(26)29/h7,10,14-15,21H,4-6,8-9,11-12H2,1-3H3,(H2,20,22)(H,24,27)/t14-,15-/m0/s1. The molecule has 1 saturated heterocycles. The van der Waals surface area contributed by atoms with E-state index in [2.05, 4.69) is 20.6 Å². The first-order chi connectivity index (χ1) is 14.3. The summed E-state index contributed by atoms with van der Waals surface area (Å²) in [6.07, 6.45) is 2.56. The second-order valence-electron chi connectivity index (χ2n) is 7.35. The van der Waals surface area contributed by atoms with Crippen LogP contribution in [0.1, 0.15) is 29.6 Å². The van der Waals surface area contributed by atoms with Gasteiger partial charge in [0.1, 0.15) is 0 Å². The van der Waals surface area contributed by atoms with Crippen LogP contribution >= 0.6 is 11.3 Å². The first kappa shape index (κ1) is 23.9. The van der Waals surface area contributed by atoms with Crippen molar-refractivity contribution in [3.63, 3.8) is 0 Å². The van der Waals surface area contributed by atoms with E-state index >= 15 is 0 Å². The summed E-state index contributed by atoms with van der Waals surface area (Å²) in [6.45, 7) is 3.80. The van der Waals surface area contributed by atoms with Crippen LogP contribution in [0.25, 0.3) is 0 Å². The fourth-order valence-corrected chi connectivity index (χ4v) is 3.83. The maximum atomic E-state index is 12.8. The molecule has 0 saturated carbocycles. The minimum Gasteiger partial charge on any atom is -0.388 e. The summed E-state index contributed by atoms with van der Waals surface area (Å²) in [6, 6.07) is -1.09. The van der Waals surface area contributed by atoms with Gasteiger partial charge >= 0.3 is 0 Å². The summed E-state index contributed by atoms with van der Waals surface area (Å²) in [5, 5.41) is 7.87. The predicted molar refractivity (Wildman–Crippen MR) is 117 cm³/mol. The summed E-state index contributed by atoms with van der Waals surface area (Å²) in [4.78, 5) is 50.0. The number of aromatic nitrogens is 1. The van der Waals surface area contributed by atoms with E-state index in [-0.39, 0.29) is 30.2 Å². The molecule has 0 unspecified atom stereocenters. The number of nitrogens with one attached hydrogen (secondary N) is 2.